The predicted octanol–water partition coefficient (Wildman–Crippen LogP) is 0.995. The summed E-state index contributed by atoms with van der Waals surface area (Å²) in [7, 11) is 0. The lowest BCUT2D eigenvalue weighted by Crippen LogP contribution is -2.54. The van der Waals surface area contributed by atoms with E-state index in [1.165, 1.54) is 13.1 Å². The Bertz CT molecular complexity index is 796. The van der Waals surface area contributed by atoms with Crippen molar-refractivity contribution in [2.75, 3.05) is 0 Å². The van der Waals surface area contributed by atoms with Gasteiger partial charge >= 0.3 is 0 Å². The van der Waals surface area contributed by atoms with Crippen LogP contribution in [0.1, 0.15) is 18.1 Å². The first-order valence-electron chi connectivity index (χ1n) is 8.36. The minimum absolute atomic E-state index is 0.170. The van der Waals surface area contributed by atoms with Crippen LogP contribution in [0.3, 0.4) is 0 Å². The van der Waals surface area contributed by atoms with Crippen LogP contribution in [0.15, 0.2) is 48.7 Å². The van der Waals surface area contributed by atoms with E-state index in [1.807, 2.05) is 30.3 Å². The Kier molecular flexibility index (Phi) is 7.31. The van der Waals surface area contributed by atoms with E-state index in [9.17, 15) is 14.4 Å². The van der Waals surface area contributed by atoms with Crippen molar-refractivity contribution in [3.63, 3.8) is 0 Å². The van der Waals surface area contributed by atoms with Crippen LogP contribution in [0.4, 0.5) is 0 Å². The Morgan fingerprint density at radius 1 is 1.00 bits per heavy atom. The highest BCUT2D eigenvalue weighted by molar-refractivity contribution is 6.29. The molecule has 8 heteroatoms. The number of halogens is 1. The quantitative estimate of drug-likeness (QED) is 0.585. The molecule has 7 nitrogen and oxygen atoms in total. The summed E-state index contributed by atoms with van der Waals surface area (Å²) in [6, 6.07) is 10.8. The largest absolute Gasteiger partial charge is 0.368 e. The molecule has 0 aliphatic heterocycles. The number of carbonyl (C=O) groups excluding carboxylic acids is 3. The number of amides is 3. The summed E-state index contributed by atoms with van der Waals surface area (Å²) in [6.07, 6.45) is 1.98. The molecule has 1 aromatic heterocycles. The Balaban J connectivity index is 2.10. The highest BCUT2D eigenvalue weighted by Crippen LogP contribution is 2.09. The number of pyridine rings is 1. The second-order valence-corrected chi connectivity index (χ2v) is 6.49. The first-order chi connectivity index (χ1) is 12.8. The monoisotopic (exact) mass is 388 g/mol. The maximum absolute atomic E-state index is 12.7. The minimum Gasteiger partial charge on any atom is -0.368 e. The zero-order valence-corrected chi connectivity index (χ0v) is 15.6. The van der Waals surface area contributed by atoms with Gasteiger partial charge in [-0.3, -0.25) is 14.4 Å². The Morgan fingerprint density at radius 2 is 1.67 bits per heavy atom. The van der Waals surface area contributed by atoms with Gasteiger partial charge in [0.15, 0.2) is 0 Å². The van der Waals surface area contributed by atoms with Gasteiger partial charge in [-0.15, -0.1) is 0 Å². The molecule has 3 amide bonds. The average Bonchev–Trinajstić information content (AvgIpc) is 2.62. The highest BCUT2D eigenvalue weighted by atomic mass is 35.5. The Morgan fingerprint density at radius 3 is 2.22 bits per heavy atom. The fourth-order valence-corrected chi connectivity index (χ4v) is 2.67. The Hall–Kier alpha value is -2.93. The van der Waals surface area contributed by atoms with E-state index in [0.717, 1.165) is 5.56 Å². The molecular weight excluding hydrogens is 368 g/mol. The molecule has 0 fully saturated rings. The predicted molar refractivity (Wildman–Crippen MR) is 102 cm³/mol. The van der Waals surface area contributed by atoms with E-state index in [4.69, 9.17) is 17.3 Å². The van der Waals surface area contributed by atoms with E-state index in [2.05, 4.69) is 15.6 Å². The summed E-state index contributed by atoms with van der Waals surface area (Å²) in [5.74, 6) is -1.51. The number of hydrogen-bond acceptors (Lipinski definition) is 4. The zero-order valence-electron chi connectivity index (χ0n) is 14.8. The lowest BCUT2D eigenvalue weighted by Gasteiger charge is -2.21. The lowest BCUT2D eigenvalue weighted by molar-refractivity contribution is -0.130. The molecule has 0 radical (unpaired) electrons. The first kappa shape index (κ1) is 20.4. The van der Waals surface area contributed by atoms with Gasteiger partial charge < -0.3 is 16.4 Å². The molecule has 2 rings (SSSR count). The molecular formula is C19H21ClN4O3. The van der Waals surface area contributed by atoms with Crippen LogP contribution in [0.5, 0.6) is 0 Å². The number of primary amides is 1. The summed E-state index contributed by atoms with van der Waals surface area (Å²) in [4.78, 5) is 39.9. The zero-order chi connectivity index (χ0) is 19.8. The molecule has 4 N–H and O–H groups in total. The van der Waals surface area contributed by atoms with Crippen molar-refractivity contribution >= 4 is 29.3 Å². The SMILES string of the molecule is CC(=O)N[C@H](Cc1ccccc1)C(=O)N[C@H](Cc1ccc(Cl)nc1)C(N)=O. The molecule has 0 unspecified atom stereocenters. The molecule has 2 aromatic rings. The average molecular weight is 389 g/mol. The Labute approximate surface area is 162 Å². The number of nitrogens with two attached hydrogens (primary N) is 1. The van der Waals surface area contributed by atoms with Gasteiger partial charge in [0.25, 0.3) is 0 Å². The normalized spacial score (nSPS) is 12.7. The molecule has 0 saturated carbocycles. The maximum Gasteiger partial charge on any atom is 0.243 e. The molecule has 0 spiro atoms. The molecule has 1 aromatic carbocycles. The topological polar surface area (TPSA) is 114 Å². The van der Waals surface area contributed by atoms with Crippen molar-refractivity contribution in [1.82, 2.24) is 15.6 Å². The van der Waals surface area contributed by atoms with Crippen LogP contribution >= 0.6 is 11.6 Å². The number of benzene rings is 1. The molecule has 0 saturated heterocycles. The number of nitrogens with zero attached hydrogens (tertiary/aromatic N) is 1. The third-order valence-electron chi connectivity index (χ3n) is 3.87. The van der Waals surface area contributed by atoms with Gasteiger partial charge in [-0.05, 0) is 17.2 Å². The third-order valence-corrected chi connectivity index (χ3v) is 4.09. The molecule has 2 atom stereocenters. The van der Waals surface area contributed by atoms with Gasteiger partial charge in [-0.1, -0.05) is 48.0 Å². The highest BCUT2D eigenvalue weighted by Gasteiger charge is 2.25. The van der Waals surface area contributed by atoms with Gasteiger partial charge in [0.05, 0.1) is 0 Å². The lowest BCUT2D eigenvalue weighted by atomic mass is 10.0. The van der Waals surface area contributed by atoms with E-state index < -0.39 is 23.9 Å². The standard InChI is InChI=1S/C19H21ClN4O3/c1-12(25)23-16(9-13-5-3-2-4-6-13)19(27)24-15(18(21)26)10-14-7-8-17(20)22-11-14/h2-8,11,15-16H,9-10H2,1H3,(H2,21,26)(H,23,25)(H,24,27)/t15-,16-/m1/s1. The van der Waals surface area contributed by atoms with Gasteiger partial charge in [-0.25, -0.2) is 4.98 Å². The maximum atomic E-state index is 12.7. The number of rotatable bonds is 8. The third kappa shape index (κ3) is 6.71. The second kappa shape index (κ2) is 9.68. The number of carbonyl (C=O) groups is 3. The van der Waals surface area contributed by atoms with Crippen molar-refractivity contribution < 1.29 is 14.4 Å². The first-order valence-corrected chi connectivity index (χ1v) is 8.74. The molecule has 1 heterocycles. The van der Waals surface area contributed by atoms with Crippen LogP contribution in [0, 0.1) is 0 Å². The number of aromatic nitrogens is 1. The summed E-state index contributed by atoms with van der Waals surface area (Å²) >= 11 is 5.75. The molecule has 0 aliphatic rings. The van der Waals surface area contributed by atoms with E-state index >= 15 is 0 Å². The fourth-order valence-electron chi connectivity index (χ4n) is 2.56. The molecule has 0 aliphatic carbocycles. The van der Waals surface area contributed by atoms with Crippen LogP contribution < -0.4 is 16.4 Å². The fraction of sp³-hybridized carbons (Fsp3) is 0.263. The second-order valence-electron chi connectivity index (χ2n) is 6.10. The summed E-state index contributed by atoms with van der Waals surface area (Å²) in [6.45, 7) is 1.33. The molecule has 0 bridgehead atoms. The van der Waals surface area contributed by atoms with Crippen molar-refractivity contribution in [2.45, 2.75) is 31.8 Å². The van der Waals surface area contributed by atoms with E-state index in [0.29, 0.717) is 17.1 Å². The minimum atomic E-state index is -0.937. The van der Waals surface area contributed by atoms with Gasteiger partial charge in [-0.2, -0.15) is 0 Å². The van der Waals surface area contributed by atoms with Crippen LogP contribution in [0.2, 0.25) is 5.15 Å². The van der Waals surface area contributed by atoms with E-state index in [-0.39, 0.29) is 12.3 Å². The van der Waals surface area contributed by atoms with Crippen molar-refractivity contribution in [3.8, 4) is 0 Å². The van der Waals surface area contributed by atoms with Gasteiger partial charge in [0.2, 0.25) is 17.7 Å². The van der Waals surface area contributed by atoms with Gasteiger partial charge in [0.1, 0.15) is 17.2 Å². The van der Waals surface area contributed by atoms with Gasteiger partial charge in [0, 0.05) is 26.0 Å². The van der Waals surface area contributed by atoms with Crippen LogP contribution in [0.25, 0.3) is 0 Å². The van der Waals surface area contributed by atoms with Crippen LogP contribution in [-0.2, 0) is 27.2 Å². The van der Waals surface area contributed by atoms with Crippen molar-refractivity contribution in [1.29, 1.82) is 0 Å². The van der Waals surface area contributed by atoms with E-state index in [1.54, 1.807) is 12.1 Å². The molecule has 27 heavy (non-hydrogen) atoms. The number of nitrogens with one attached hydrogen (secondary N) is 2. The van der Waals surface area contributed by atoms with Crippen molar-refractivity contribution in [3.05, 3.63) is 64.9 Å². The summed E-state index contributed by atoms with van der Waals surface area (Å²) < 4.78 is 0. The van der Waals surface area contributed by atoms with Crippen molar-refractivity contribution in [2.24, 2.45) is 5.73 Å². The van der Waals surface area contributed by atoms with Crippen LogP contribution in [-0.4, -0.2) is 34.8 Å². The molecule has 142 valence electrons. The summed E-state index contributed by atoms with van der Waals surface area (Å²) in [5.41, 5.74) is 7.00. The summed E-state index contributed by atoms with van der Waals surface area (Å²) in [5, 5.41) is 5.55. The smallest absolute Gasteiger partial charge is 0.243 e. The number of hydrogen-bond donors (Lipinski definition) is 3.